The molecule has 0 fully saturated rings. The molecular weight excluding hydrogens is 180 g/mol. The summed E-state index contributed by atoms with van der Waals surface area (Å²) in [6, 6.07) is 0. The highest BCUT2D eigenvalue weighted by Gasteiger charge is 2.28. The molecular formula is C11H16O3. The zero-order valence-electron chi connectivity index (χ0n) is 8.45. The monoisotopic (exact) mass is 196 g/mol. The van der Waals surface area contributed by atoms with Crippen LogP contribution in [-0.4, -0.2) is 16.9 Å². The highest BCUT2D eigenvalue weighted by molar-refractivity contribution is 6.00. The number of unbranched alkanes of at least 4 members (excludes halogenated alkanes) is 1. The molecule has 0 aromatic carbocycles. The van der Waals surface area contributed by atoms with Crippen molar-refractivity contribution in [1.82, 2.24) is 0 Å². The lowest BCUT2D eigenvalue weighted by atomic mass is 9.98. The van der Waals surface area contributed by atoms with Gasteiger partial charge in [-0.05, 0) is 24.8 Å². The molecule has 1 N–H and O–H groups in total. The fourth-order valence-electron chi connectivity index (χ4n) is 1.73. The second-order valence-corrected chi connectivity index (χ2v) is 3.73. The number of carbonyl (C=O) groups excluding carboxylic acids is 1. The van der Waals surface area contributed by atoms with E-state index in [1.807, 2.05) is 6.08 Å². The van der Waals surface area contributed by atoms with E-state index in [0.29, 0.717) is 6.42 Å². The maximum atomic E-state index is 11.6. The number of carbonyl (C=O) groups is 2. The highest BCUT2D eigenvalue weighted by atomic mass is 16.4. The molecule has 1 atom stereocenters. The molecule has 1 unspecified atom stereocenters. The Kier molecular flexibility index (Phi) is 3.86. The van der Waals surface area contributed by atoms with Crippen LogP contribution in [0.15, 0.2) is 11.6 Å². The zero-order chi connectivity index (χ0) is 10.6. The average Bonchev–Trinajstić information content (AvgIpc) is 2.45. The summed E-state index contributed by atoms with van der Waals surface area (Å²) in [5.74, 6) is -1.12. The van der Waals surface area contributed by atoms with Crippen molar-refractivity contribution < 1.29 is 14.7 Å². The largest absolute Gasteiger partial charge is 0.481 e. The fourth-order valence-corrected chi connectivity index (χ4v) is 1.73. The van der Waals surface area contributed by atoms with Crippen LogP contribution in [0.25, 0.3) is 0 Å². The molecule has 3 heteroatoms. The van der Waals surface area contributed by atoms with Crippen LogP contribution < -0.4 is 0 Å². The van der Waals surface area contributed by atoms with Gasteiger partial charge in [-0.3, -0.25) is 9.59 Å². The molecule has 1 rings (SSSR count). The molecule has 0 aromatic heterocycles. The summed E-state index contributed by atoms with van der Waals surface area (Å²) in [5.41, 5.74) is 0.845. The van der Waals surface area contributed by atoms with E-state index in [0.717, 1.165) is 24.8 Å². The Balaban J connectivity index is 2.44. The van der Waals surface area contributed by atoms with Crippen molar-refractivity contribution in [2.24, 2.45) is 5.92 Å². The Morgan fingerprint density at radius 2 is 2.36 bits per heavy atom. The van der Waals surface area contributed by atoms with Crippen LogP contribution in [0.2, 0.25) is 0 Å². The maximum absolute atomic E-state index is 11.6. The Bertz CT molecular complexity index is 266. The minimum absolute atomic E-state index is 0.0229. The van der Waals surface area contributed by atoms with Gasteiger partial charge in [0, 0.05) is 5.92 Å². The van der Waals surface area contributed by atoms with Crippen molar-refractivity contribution in [3.8, 4) is 0 Å². The third kappa shape index (κ3) is 2.69. The summed E-state index contributed by atoms with van der Waals surface area (Å²) in [6.45, 7) is 2.08. The first-order valence-corrected chi connectivity index (χ1v) is 5.10. The first-order valence-electron chi connectivity index (χ1n) is 5.10. The molecule has 0 aromatic rings. The van der Waals surface area contributed by atoms with Crippen molar-refractivity contribution >= 4 is 11.8 Å². The first kappa shape index (κ1) is 11.0. The number of carboxylic acid groups (broad SMARTS) is 1. The molecule has 0 radical (unpaired) electrons. The second-order valence-electron chi connectivity index (χ2n) is 3.73. The molecule has 1 aliphatic rings. The summed E-state index contributed by atoms with van der Waals surface area (Å²) in [7, 11) is 0. The first-order chi connectivity index (χ1) is 6.65. The number of rotatable bonds is 5. The quantitative estimate of drug-likeness (QED) is 0.733. The predicted octanol–water partition coefficient (Wildman–Crippen LogP) is 2.17. The fraction of sp³-hybridized carbons (Fsp3) is 0.636. The Morgan fingerprint density at radius 3 is 2.93 bits per heavy atom. The molecule has 14 heavy (non-hydrogen) atoms. The number of hydrogen-bond donors (Lipinski definition) is 1. The van der Waals surface area contributed by atoms with Crippen LogP contribution in [0.3, 0.4) is 0 Å². The van der Waals surface area contributed by atoms with E-state index in [4.69, 9.17) is 5.11 Å². The van der Waals surface area contributed by atoms with Gasteiger partial charge in [0.15, 0.2) is 5.78 Å². The summed E-state index contributed by atoms with van der Waals surface area (Å²) in [6.07, 6.45) is 5.39. The lowest BCUT2D eigenvalue weighted by Crippen LogP contribution is -2.14. The number of hydrogen-bond acceptors (Lipinski definition) is 2. The minimum Gasteiger partial charge on any atom is -0.481 e. The van der Waals surface area contributed by atoms with Crippen LogP contribution in [0.5, 0.6) is 0 Å². The van der Waals surface area contributed by atoms with E-state index in [9.17, 15) is 9.59 Å². The molecule has 78 valence electrons. The number of carboxylic acids is 1. The molecule has 0 bridgehead atoms. The summed E-state index contributed by atoms with van der Waals surface area (Å²) >= 11 is 0. The van der Waals surface area contributed by atoms with Crippen LogP contribution in [0.1, 0.15) is 39.0 Å². The van der Waals surface area contributed by atoms with Gasteiger partial charge in [0.05, 0.1) is 6.42 Å². The van der Waals surface area contributed by atoms with Crippen molar-refractivity contribution in [2.75, 3.05) is 0 Å². The van der Waals surface area contributed by atoms with Gasteiger partial charge in [0.25, 0.3) is 0 Å². The molecule has 3 nitrogen and oxygen atoms in total. The number of allylic oxidation sites excluding steroid dienone is 2. The van der Waals surface area contributed by atoms with Gasteiger partial charge in [0.2, 0.25) is 0 Å². The third-order valence-electron chi connectivity index (χ3n) is 2.56. The molecule has 0 saturated heterocycles. The molecule has 0 spiro atoms. The number of Topliss-reactive ketones (excluding diaryl/α,β-unsaturated/α-hetero) is 1. The maximum Gasteiger partial charge on any atom is 0.304 e. The van der Waals surface area contributed by atoms with Gasteiger partial charge >= 0.3 is 5.97 Å². The highest BCUT2D eigenvalue weighted by Crippen LogP contribution is 2.27. The molecule has 0 aliphatic heterocycles. The van der Waals surface area contributed by atoms with E-state index >= 15 is 0 Å². The molecule has 0 saturated carbocycles. The Hall–Kier alpha value is -1.12. The SMILES string of the molecule is CCCCC1=CCC(CC(=O)O)C1=O. The molecule has 1 aliphatic carbocycles. The Labute approximate surface area is 83.8 Å². The standard InChI is InChI=1S/C11H16O3/c1-2-3-4-8-5-6-9(11(8)14)7-10(12)13/h5,9H,2-4,6-7H2,1H3,(H,12,13). The topological polar surface area (TPSA) is 54.4 Å². The molecule has 0 amide bonds. The van der Waals surface area contributed by atoms with Crippen LogP contribution in [0, 0.1) is 5.92 Å². The number of ketones is 1. The van der Waals surface area contributed by atoms with E-state index in [-0.39, 0.29) is 18.1 Å². The van der Waals surface area contributed by atoms with E-state index in [2.05, 4.69) is 6.92 Å². The number of aliphatic carboxylic acids is 1. The zero-order valence-corrected chi connectivity index (χ0v) is 8.45. The van der Waals surface area contributed by atoms with Gasteiger partial charge in [0.1, 0.15) is 0 Å². The molecule has 0 heterocycles. The summed E-state index contributed by atoms with van der Waals surface area (Å²) in [5, 5.41) is 8.58. The van der Waals surface area contributed by atoms with Crippen LogP contribution in [0.4, 0.5) is 0 Å². The van der Waals surface area contributed by atoms with Gasteiger partial charge < -0.3 is 5.11 Å². The Morgan fingerprint density at radius 1 is 1.64 bits per heavy atom. The van der Waals surface area contributed by atoms with Gasteiger partial charge in [-0.1, -0.05) is 19.4 Å². The summed E-state index contributed by atoms with van der Waals surface area (Å²) < 4.78 is 0. The van der Waals surface area contributed by atoms with Crippen molar-refractivity contribution in [3.63, 3.8) is 0 Å². The van der Waals surface area contributed by atoms with Crippen molar-refractivity contribution in [3.05, 3.63) is 11.6 Å². The van der Waals surface area contributed by atoms with E-state index in [1.165, 1.54) is 0 Å². The van der Waals surface area contributed by atoms with Gasteiger partial charge in [-0.25, -0.2) is 0 Å². The second kappa shape index (κ2) is 4.94. The van der Waals surface area contributed by atoms with Crippen LogP contribution in [-0.2, 0) is 9.59 Å². The van der Waals surface area contributed by atoms with E-state index < -0.39 is 5.97 Å². The van der Waals surface area contributed by atoms with Crippen LogP contribution >= 0.6 is 0 Å². The van der Waals surface area contributed by atoms with E-state index in [1.54, 1.807) is 0 Å². The smallest absolute Gasteiger partial charge is 0.304 e. The van der Waals surface area contributed by atoms with Gasteiger partial charge in [-0.2, -0.15) is 0 Å². The lowest BCUT2D eigenvalue weighted by Gasteiger charge is -2.05. The minimum atomic E-state index is -0.881. The normalized spacial score (nSPS) is 21.1. The predicted molar refractivity (Wildman–Crippen MR) is 53.0 cm³/mol. The third-order valence-corrected chi connectivity index (χ3v) is 2.56. The lowest BCUT2D eigenvalue weighted by molar-refractivity contribution is -0.139. The van der Waals surface area contributed by atoms with Crippen molar-refractivity contribution in [1.29, 1.82) is 0 Å². The summed E-state index contributed by atoms with van der Waals surface area (Å²) in [4.78, 5) is 22.1. The average molecular weight is 196 g/mol. The van der Waals surface area contributed by atoms with Gasteiger partial charge in [-0.15, -0.1) is 0 Å². The van der Waals surface area contributed by atoms with Crippen molar-refractivity contribution in [2.45, 2.75) is 39.0 Å².